The molecule has 1 fully saturated rings. The quantitative estimate of drug-likeness (QED) is 0.501. The second kappa shape index (κ2) is 5.90. The Morgan fingerprint density at radius 3 is 2.89 bits per heavy atom. The molecule has 6 heteroatoms. The molecule has 108 valence electrons. The molecule has 0 aromatic heterocycles. The maximum absolute atomic E-state index is 10.3. The molecule has 4 atom stereocenters. The zero-order valence-electron chi connectivity index (χ0n) is 11.0. The third-order valence-corrected chi connectivity index (χ3v) is 3.98. The number of hydroxylamine groups is 1. The summed E-state index contributed by atoms with van der Waals surface area (Å²) >= 11 is 0. The van der Waals surface area contributed by atoms with E-state index >= 15 is 0 Å². The summed E-state index contributed by atoms with van der Waals surface area (Å²) in [6.45, 7) is 1.37. The molecule has 0 radical (unpaired) electrons. The zero-order valence-corrected chi connectivity index (χ0v) is 11.0. The van der Waals surface area contributed by atoms with Gasteiger partial charge in [-0.2, -0.15) is 0 Å². The Morgan fingerprint density at radius 1 is 1.53 bits per heavy atom. The summed E-state index contributed by atoms with van der Waals surface area (Å²) in [5.41, 5.74) is 4.72. The number of carbonyl (C=O) groups is 1. The van der Waals surface area contributed by atoms with Gasteiger partial charge in [-0.25, -0.2) is 4.79 Å². The minimum Gasteiger partial charge on any atom is -0.479 e. The van der Waals surface area contributed by atoms with Crippen LogP contribution in [0.3, 0.4) is 0 Å². The smallest absolute Gasteiger partial charge is 0.332 e. The average Bonchev–Trinajstić information content (AvgIpc) is 2.54. The third-order valence-electron chi connectivity index (χ3n) is 3.98. The summed E-state index contributed by atoms with van der Waals surface area (Å²) < 4.78 is 0. The van der Waals surface area contributed by atoms with E-state index < -0.39 is 5.97 Å². The third kappa shape index (κ3) is 3.26. The van der Waals surface area contributed by atoms with Crippen LogP contribution in [0.15, 0.2) is 11.3 Å². The van der Waals surface area contributed by atoms with Gasteiger partial charge in [0.2, 0.25) is 0 Å². The van der Waals surface area contributed by atoms with Crippen LogP contribution in [-0.4, -0.2) is 40.1 Å². The molecule has 0 aromatic carbocycles. The molecule has 0 aromatic rings. The van der Waals surface area contributed by atoms with Crippen LogP contribution in [0.4, 0.5) is 0 Å². The van der Waals surface area contributed by atoms with E-state index in [-0.39, 0.29) is 30.7 Å². The van der Waals surface area contributed by atoms with Gasteiger partial charge in [-0.3, -0.25) is 10.3 Å². The fraction of sp³-hybridized carbons (Fsp3) is 0.769. The standard InChI is InChI=1S/C13H21NO5/c1-7(15)2-3-8-4-9-10(13(8)18)5-11(9)14-19-6-12(16)17/h7-8,10,13-15,18H,2-6H2,1H3,(H,16,17). The van der Waals surface area contributed by atoms with Crippen molar-refractivity contribution in [1.82, 2.24) is 5.48 Å². The van der Waals surface area contributed by atoms with E-state index in [1.807, 2.05) is 0 Å². The molecular formula is C13H21NO5. The van der Waals surface area contributed by atoms with Gasteiger partial charge in [-0.05, 0) is 44.1 Å². The highest BCUT2D eigenvalue weighted by atomic mass is 16.7. The highest BCUT2D eigenvalue weighted by Gasteiger charge is 2.45. The first-order chi connectivity index (χ1) is 8.99. The van der Waals surface area contributed by atoms with Crippen LogP contribution in [0.5, 0.6) is 0 Å². The van der Waals surface area contributed by atoms with E-state index in [0.717, 1.165) is 24.1 Å². The van der Waals surface area contributed by atoms with Crippen LogP contribution in [0.1, 0.15) is 32.6 Å². The molecule has 2 aliphatic rings. The van der Waals surface area contributed by atoms with Crippen LogP contribution in [0.25, 0.3) is 0 Å². The van der Waals surface area contributed by atoms with Crippen molar-refractivity contribution in [3.05, 3.63) is 11.3 Å². The molecule has 0 saturated heterocycles. The summed E-state index contributed by atoms with van der Waals surface area (Å²) in [5, 5.41) is 27.9. The van der Waals surface area contributed by atoms with E-state index in [1.165, 1.54) is 0 Å². The first kappa shape index (κ1) is 14.3. The lowest BCUT2D eigenvalue weighted by Gasteiger charge is -2.30. The first-order valence-electron chi connectivity index (χ1n) is 6.66. The number of aliphatic hydroxyl groups is 2. The van der Waals surface area contributed by atoms with Crippen molar-refractivity contribution in [2.24, 2.45) is 11.8 Å². The summed E-state index contributed by atoms with van der Waals surface area (Å²) in [7, 11) is 0. The predicted molar refractivity (Wildman–Crippen MR) is 66.9 cm³/mol. The van der Waals surface area contributed by atoms with Gasteiger partial charge < -0.3 is 15.3 Å². The minimum atomic E-state index is -1.02. The molecule has 1 saturated carbocycles. The Bertz CT molecular complexity index is 379. The maximum Gasteiger partial charge on any atom is 0.332 e. The van der Waals surface area contributed by atoms with Gasteiger partial charge in [0.15, 0.2) is 6.61 Å². The van der Waals surface area contributed by atoms with Crippen molar-refractivity contribution in [1.29, 1.82) is 0 Å². The number of carboxylic acid groups (broad SMARTS) is 1. The molecule has 6 nitrogen and oxygen atoms in total. The molecule has 4 unspecified atom stereocenters. The number of aliphatic hydroxyl groups excluding tert-OH is 2. The number of hydrogen-bond acceptors (Lipinski definition) is 5. The molecule has 0 aliphatic heterocycles. The Hall–Kier alpha value is -1.11. The molecule has 2 rings (SSSR count). The minimum absolute atomic E-state index is 0.176. The SMILES string of the molecule is CC(O)CCC1CC2=C(NOCC(=O)O)CC2C1O. The molecule has 0 amide bonds. The molecule has 19 heavy (non-hydrogen) atoms. The number of allylic oxidation sites excluding steroid dienone is 1. The summed E-state index contributed by atoms with van der Waals surface area (Å²) in [6, 6.07) is 0. The lowest BCUT2D eigenvalue weighted by atomic mass is 9.83. The molecular weight excluding hydrogens is 250 g/mol. The monoisotopic (exact) mass is 271 g/mol. The topological polar surface area (TPSA) is 99.0 Å². The first-order valence-corrected chi connectivity index (χ1v) is 6.66. The van der Waals surface area contributed by atoms with Crippen molar-refractivity contribution in [2.45, 2.75) is 44.8 Å². The summed E-state index contributed by atoms with van der Waals surface area (Å²) in [5.74, 6) is -0.654. The Balaban J connectivity index is 1.83. The molecule has 2 aliphatic carbocycles. The lowest BCUT2D eigenvalue weighted by Crippen LogP contribution is -2.32. The van der Waals surface area contributed by atoms with Crippen molar-refractivity contribution >= 4 is 5.97 Å². The van der Waals surface area contributed by atoms with E-state index in [1.54, 1.807) is 6.92 Å². The van der Waals surface area contributed by atoms with Crippen LogP contribution in [-0.2, 0) is 9.63 Å². The van der Waals surface area contributed by atoms with E-state index in [4.69, 9.17) is 9.94 Å². The zero-order chi connectivity index (χ0) is 14.0. The Morgan fingerprint density at radius 2 is 2.26 bits per heavy atom. The number of fused-ring (bicyclic) bond motifs is 1. The molecule has 0 spiro atoms. The van der Waals surface area contributed by atoms with Crippen LogP contribution >= 0.6 is 0 Å². The fourth-order valence-corrected chi connectivity index (χ4v) is 2.92. The molecule has 0 heterocycles. The largest absolute Gasteiger partial charge is 0.479 e. The highest BCUT2D eigenvalue weighted by Crippen LogP contribution is 2.49. The maximum atomic E-state index is 10.3. The average molecular weight is 271 g/mol. The number of carboxylic acids is 1. The van der Waals surface area contributed by atoms with Crippen LogP contribution in [0.2, 0.25) is 0 Å². The van der Waals surface area contributed by atoms with Gasteiger partial charge in [0.05, 0.1) is 12.2 Å². The van der Waals surface area contributed by atoms with Crippen molar-refractivity contribution in [2.75, 3.05) is 6.61 Å². The van der Waals surface area contributed by atoms with Crippen molar-refractivity contribution in [3.63, 3.8) is 0 Å². The van der Waals surface area contributed by atoms with Gasteiger partial charge in [0.25, 0.3) is 0 Å². The van der Waals surface area contributed by atoms with Gasteiger partial charge in [-0.15, -0.1) is 0 Å². The second-order valence-corrected chi connectivity index (χ2v) is 5.48. The normalized spacial score (nSPS) is 30.8. The lowest BCUT2D eigenvalue weighted by molar-refractivity contribution is -0.144. The number of aliphatic carboxylic acids is 1. The fourth-order valence-electron chi connectivity index (χ4n) is 2.92. The predicted octanol–water partition coefficient (Wildman–Crippen LogP) is 0.408. The van der Waals surface area contributed by atoms with Gasteiger partial charge in [0.1, 0.15) is 0 Å². The summed E-state index contributed by atoms with van der Waals surface area (Å²) in [4.78, 5) is 15.2. The van der Waals surface area contributed by atoms with Crippen molar-refractivity contribution < 1.29 is 25.0 Å². The van der Waals surface area contributed by atoms with Gasteiger partial charge >= 0.3 is 5.97 Å². The molecule has 4 N–H and O–H groups in total. The second-order valence-electron chi connectivity index (χ2n) is 5.48. The number of nitrogens with one attached hydrogen (secondary N) is 1. The van der Waals surface area contributed by atoms with E-state index in [9.17, 15) is 15.0 Å². The van der Waals surface area contributed by atoms with Gasteiger partial charge in [0, 0.05) is 11.6 Å². The van der Waals surface area contributed by atoms with Crippen molar-refractivity contribution in [3.8, 4) is 0 Å². The summed E-state index contributed by atoms with van der Waals surface area (Å²) in [6.07, 6.45) is 2.33. The van der Waals surface area contributed by atoms with E-state index in [0.29, 0.717) is 12.8 Å². The number of rotatable bonds is 7. The van der Waals surface area contributed by atoms with E-state index in [2.05, 4.69) is 5.48 Å². The Kier molecular flexibility index (Phi) is 4.44. The van der Waals surface area contributed by atoms with Crippen LogP contribution in [0, 0.1) is 11.8 Å². The Labute approximate surface area is 112 Å². The molecule has 0 bridgehead atoms. The number of hydrogen-bond donors (Lipinski definition) is 4. The van der Waals surface area contributed by atoms with Gasteiger partial charge in [-0.1, -0.05) is 0 Å². The highest BCUT2D eigenvalue weighted by molar-refractivity contribution is 5.67. The van der Waals surface area contributed by atoms with Crippen LogP contribution < -0.4 is 5.48 Å².